The van der Waals surface area contributed by atoms with Crippen molar-refractivity contribution in [2.75, 3.05) is 13.1 Å². The van der Waals surface area contributed by atoms with Crippen LogP contribution in [0.1, 0.15) is 38.8 Å². The van der Waals surface area contributed by atoms with Gasteiger partial charge in [0, 0.05) is 35.7 Å². The lowest BCUT2D eigenvalue weighted by molar-refractivity contribution is 0.167. The Morgan fingerprint density at radius 1 is 1.25 bits per heavy atom. The molecule has 0 aliphatic carbocycles. The molecule has 1 aromatic carbocycles. The summed E-state index contributed by atoms with van der Waals surface area (Å²) in [5.74, 6) is -0.187. The molecule has 0 aromatic heterocycles. The maximum Gasteiger partial charge on any atom is 0.123 e. The lowest BCUT2D eigenvalue weighted by atomic mass is 9.95. The molecule has 1 aliphatic heterocycles. The van der Waals surface area contributed by atoms with E-state index in [1.165, 1.54) is 12.1 Å². The molecule has 2 nitrogen and oxygen atoms in total. The predicted octanol–water partition coefficient (Wildman–Crippen LogP) is 3.43. The van der Waals surface area contributed by atoms with E-state index in [0.717, 1.165) is 25.1 Å². The third-order valence-corrected chi connectivity index (χ3v) is 5.16. The molecule has 4 unspecified atom stereocenters. The van der Waals surface area contributed by atoms with Crippen LogP contribution in [0.4, 0.5) is 4.39 Å². The molecule has 4 heteroatoms. The lowest BCUT2D eigenvalue weighted by Crippen LogP contribution is -2.48. The molecule has 0 bridgehead atoms. The van der Waals surface area contributed by atoms with Gasteiger partial charge >= 0.3 is 0 Å². The second-order valence-electron chi connectivity index (χ2n) is 5.78. The quantitative estimate of drug-likeness (QED) is 0.923. The van der Waals surface area contributed by atoms with Gasteiger partial charge in [-0.05, 0) is 24.1 Å². The Bertz CT molecular complexity index is 413. The summed E-state index contributed by atoms with van der Waals surface area (Å²) in [6.07, 6.45) is 0.925. The topological polar surface area (TPSA) is 29.3 Å². The first-order valence-electron chi connectivity index (χ1n) is 7.41. The average Bonchev–Trinajstić information content (AvgIpc) is 2.40. The van der Waals surface area contributed by atoms with Crippen LogP contribution in [-0.4, -0.2) is 34.5 Å². The monoisotopic (exact) mass is 296 g/mol. The van der Waals surface area contributed by atoms with Gasteiger partial charge in [-0.15, -0.1) is 0 Å². The highest BCUT2D eigenvalue weighted by atomic mass is 32.2. The molecule has 4 atom stereocenters. The Balaban J connectivity index is 2.25. The van der Waals surface area contributed by atoms with Crippen molar-refractivity contribution in [3.05, 3.63) is 35.6 Å². The van der Waals surface area contributed by atoms with E-state index >= 15 is 0 Å². The number of hydrogen-bond acceptors (Lipinski definition) is 3. The van der Waals surface area contributed by atoms with Crippen LogP contribution in [0.5, 0.6) is 0 Å². The zero-order valence-electron chi connectivity index (χ0n) is 12.6. The fourth-order valence-electron chi connectivity index (χ4n) is 3.06. The van der Waals surface area contributed by atoms with Gasteiger partial charge in [0.25, 0.3) is 0 Å². The standard InChI is InChI=1S/C16H25FN2S/c1-4-15(18)16(13-5-7-14(17)8-6-13)19-9-11(2)20-12(3)10-19/h5-8,11-12,15-16H,4,9-10,18H2,1-3H3. The van der Waals surface area contributed by atoms with Gasteiger partial charge in [0.2, 0.25) is 0 Å². The van der Waals surface area contributed by atoms with Crippen LogP contribution in [0.2, 0.25) is 0 Å². The SMILES string of the molecule is CCC(N)C(c1ccc(F)cc1)N1CC(C)SC(C)C1. The predicted molar refractivity (Wildman–Crippen MR) is 85.5 cm³/mol. The third kappa shape index (κ3) is 3.74. The number of hydrogen-bond donors (Lipinski definition) is 1. The Morgan fingerprint density at radius 3 is 2.30 bits per heavy atom. The van der Waals surface area contributed by atoms with Gasteiger partial charge in [0.05, 0.1) is 0 Å². The molecule has 112 valence electrons. The highest BCUT2D eigenvalue weighted by Crippen LogP contribution is 2.33. The molecule has 1 heterocycles. The first kappa shape index (κ1) is 15.8. The molecule has 0 spiro atoms. The van der Waals surface area contributed by atoms with Crippen molar-refractivity contribution in [2.45, 2.75) is 49.8 Å². The van der Waals surface area contributed by atoms with Crippen LogP contribution in [0.25, 0.3) is 0 Å². The molecule has 0 radical (unpaired) electrons. The molecule has 0 saturated carbocycles. The zero-order chi connectivity index (χ0) is 14.7. The van der Waals surface area contributed by atoms with Gasteiger partial charge in [-0.1, -0.05) is 32.9 Å². The highest BCUT2D eigenvalue weighted by Gasteiger charge is 2.31. The third-order valence-electron chi connectivity index (χ3n) is 3.93. The molecule has 2 N–H and O–H groups in total. The summed E-state index contributed by atoms with van der Waals surface area (Å²) in [5.41, 5.74) is 7.50. The molecule has 20 heavy (non-hydrogen) atoms. The highest BCUT2D eigenvalue weighted by molar-refractivity contribution is 8.00. The maximum atomic E-state index is 13.2. The number of thioether (sulfide) groups is 1. The second-order valence-corrected chi connectivity index (χ2v) is 7.66. The Morgan fingerprint density at radius 2 is 1.80 bits per heavy atom. The average molecular weight is 296 g/mol. The Labute approximate surface area is 125 Å². The minimum absolute atomic E-state index is 0.0861. The molecular weight excluding hydrogens is 271 g/mol. The summed E-state index contributed by atoms with van der Waals surface area (Å²) in [5, 5.41) is 1.23. The van der Waals surface area contributed by atoms with Gasteiger partial charge in [0.15, 0.2) is 0 Å². The lowest BCUT2D eigenvalue weighted by Gasteiger charge is -2.42. The zero-order valence-corrected chi connectivity index (χ0v) is 13.4. The van der Waals surface area contributed by atoms with Crippen molar-refractivity contribution >= 4 is 11.8 Å². The van der Waals surface area contributed by atoms with E-state index < -0.39 is 0 Å². The normalized spacial score (nSPS) is 27.2. The van der Waals surface area contributed by atoms with Gasteiger partial charge in [-0.25, -0.2) is 4.39 Å². The van der Waals surface area contributed by atoms with Crippen LogP contribution >= 0.6 is 11.8 Å². The molecule has 1 fully saturated rings. The second kappa shape index (κ2) is 6.92. The van der Waals surface area contributed by atoms with E-state index in [0.29, 0.717) is 10.5 Å². The van der Waals surface area contributed by atoms with Crippen molar-refractivity contribution < 1.29 is 4.39 Å². The first-order chi connectivity index (χ1) is 9.51. The van der Waals surface area contributed by atoms with Gasteiger partial charge in [-0.2, -0.15) is 11.8 Å². The smallest absolute Gasteiger partial charge is 0.123 e. The molecule has 2 rings (SSSR count). The van der Waals surface area contributed by atoms with E-state index in [9.17, 15) is 4.39 Å². The summed E-state index contributed by atoms with van der Waals surface area (Å²) >= 11 is 2.04. The van der Waals surface area contributed by atoms with Crippen molar-refractivity contribution in [3.63, 3.8) is 0 Å². The molecule has 0 amide bonds. The largest absolute Gasteiger partial charge is 0.326 e. The van der Waals surface area contributed by atoms with Crippen molar-refractivity contribution in [3.8, 4) is 0 Å². The van der Waals surface area contributed by atoms with E-state index in [4.69, 9.17) is 5.73 Å². The molecular formula is C16H25FN2S. The summed E-state index contributed by atoms with van der Waals surface area (Å²) < 4.78 is 13.2. The van der Waals surface area contributed by atoms with Crippen LogP contribution in [0, 0.1) is 5.82 Å². The number of halogens is 1. The first-order valence-corrected chi connectivity index (χ1v) is 8.36. The van der Waals surface area contributed by atoms with E-state index in [-0.39, 0.29) is 17.9 Å². The molecule has 1 aliphatic rings. The summed E-state index contributed by atoms with van der Waals surface area (Å²) in [6, 6.07) is 7.11. The van der Waals surface area contributed by atoms with E-state index in [1.54, 1.807) is 0 Å². The minimum Gasteiger partial charge on any atom is -0.326 e. The van der Waals surface area contributed by atoms with Gasteiger partial charge < -0.3 is 5.73 Å². The summed E-state index contributed by atoms with van der Waals surface area (Å²) in [6.45, 7) is 8.75. The van der Waals surface area contributed by atoms with Crippen molar-refractivity contribution in [1.82, 2.24) is 4.90 Å². The maximum absolute atomic E-state index is 13.2. The van der Waals surface area contributed by atoms with Crippen LogP contribution in [-0.2, 0) is 0 Å². The van der Waals surface area contributed by atoms with Gasteiger partial charge in [0.1, 0.15) is 5.82 Å². The minimum atomic E-state index is -0.187. The van der Waals surface area contributed by atoms with E-state index in [1.807, 2.05) is 23.9 Å². The van der Waals surface area contributed by atoms with Crippen LogP contribution in [0.3, 0.4) is 0 Å². The van der Waals surface area contributed by atoms with Crippen molar-refractivity contribution in [1.29, 1.82) is 0 Å². The van der Waals surface area contributed by atoms with E-state index in [2.05, 4.69) is 25.7 Å². The Kier molecular flexibility index (Phi) is 5.47. The van der Waals surface area contributed by atoms with Crippen molar-refractivity contribution in [2.24, 2.45) is 5.73 Å². The fraction of sp³-hybridized carbons (Fsp3) is 0.625. The molecule has 1 saturated heterocycles. The number of nitrogens with zero attached hydrogens (tertiary/aromatic N) is 1. The molecule has 1 aromatic rings. The number of rotatable bonds is 4. The number of nitrogens with two attached hydrogens (primary N) is 1. The van der Waals surface area contributed by atoms with Gasteiger partial charge in [-0.3, -0.25) is 4.90 Å². The Hall–Kier alpha value is -0.580. The number of benzene rings is 1. The van der Waals surface area contributed by atoms with Crippen LogP contribution < -0.4 is 5.73 Å². The summed E-state index contributed by atoms with van der Waals surface area (Å²) in [4.78, 5) is 2.48. The van der Waals surface area contributed by atoms with Crippen LogP contribution in [0.15, 0.2) is 24.3 Å². The fourth-order valence-corrected chi connectivity index (χ4v) is 4.41. The summed E-state index contributed by atoms with van der Waals surface area (Å²) in [7, 11) is 0.